The molecule has 28 heavy (non-hydrogen) atoms. The van der Waals surface area contributed by atoms with Gasteiger partial charge in [0.2, 0.25) is 0 Å². The molecule has 3 rings (SSSR count). The van der Waals surface area contributed by atoms with E-state index in [2.05, 4.69) is 54.1 Å². The van der Waals surface area contributed by atoms with Crippen LogP contribution in [0.2, 0.25) is 0 Å². The van der Waals surface area contributed by atoms with Crippen LogP contribution in [0.5, 0.6) is 0 Å². The van der Waals surface area contributed by atoms with E-state index in [-0.39, 0.29) is 11.2 Å². The highest BCUT2D eigenvalue weighted by molar-refractivity contribution is 8.00. The third-order valence-corrected chi connectivity index (χ3v) is 5.74. The van der Waals surface area contributed by atoms with Gasteiger partial charge in [0.05, 0.1) is 11.5 Å². The minimum Gasteiger partial charge on any atom is -0.318 e. The van der Waals surface area contributed by atoms with Crippen LogP contribution in [0, 0.1) is 20.8 Å². The number of thioether (sulfide) groups is 1. The Bertz CT molecular complexity index is 992. The Balaban J connectivity index is 1.69. The average Bonchev–Trinajstić information content (AvgIpc) is 2.96. The molecular formula is C23H25N3OS. The largest absolute Gasteiger partial charge is 0.318 e. The van der Waals surface area contributed by atoms with Gasteiger partial charge in [0, 0.05) is 27.5 Å². The molecule has 1 N–H and O–H groups in total. The number of para-hydroxylation sites is 1. The maximum atomic E-state index is 12.3. The van der Waals surface area contributed by atoms with Crippen molar-refractivity contribution in [2.75, 3.05) is 0 Å². The minimum atomic E-state index is -0.223. The molecule has 3 aromatic rings. The van der Waals surface area contributed by atoms with Gasteiger partial charge >= 0.3 is 0 Å². The molecule has 0 radical (unpaired) electrons. The molecule has 1 aromatic heterocycles. The molecule has 0 spiro atoms. The number of nitrogens with zero attached hydrogens (tertiary/aromatic N) is 2. The molecule has 5 heteroatoms. The molecule has 144 valence electrons. The lowest BCUT2D eigenvalue weighted by Crippen LogP contribution is -2.26. The van der Waals surface area contributed by atoms with Crippen LogP contribution in [0.4, 0.5) is 0 Å². The zero-order valence-corrected chi connectivity index (χ0v) is 17.5. The third-order valence-electron chi connectivity index (χ3n) is 4.63. The van der Waals surface area contributed by atoms with Crippen LogP contribution in [0.1, 0.15) is 29.4 Å². The quantitative estimate of drug-likeness (QED) is 0.364. The second-order valence-electron chi connectivity index (χ2n) is 6.76. The number of hydrogen-bond donors (Lipinski definition) is 1. The summed E-state index contributed by atoms with van der Waals surface area (Å²) in [6.45, 7) is 8.13. The summed E-state index contributed by atoms with van der Waals surface area (Å²) < 4.78 is 2.21. The average molecular weight is 392 g/mol. The first-order valence-corrected chi connectivity index (χ1v) is 10.1. The summed E-state index contributed by atoms with van der Waals surface area (Å²) in [6.07, 6.45) is 1.72. The summed E-state index contributed by atoms with van der Waals surface area (Å²) in [5.74, 6) is -0.113. The number of aryl methyl sites for hydroxylation is 2. The number of carbonyl (C=O) groups is 1. The lowest BCUT2D eigenvalue weighted by Gasteiger charge is -2.12. The summed E-state index contributed by atoms with van der Waals surface area (Å²) in [4.78, 5) is 13.4. The summed E-state index contributed by atoms with van der Waals surface area (Å²) in [6, 6.07) is 20.3. The Morgan fingerprint density at radius 1 is 1.07 bits per heavy atom. The molecule has 0 aliphatic heterocycles. The van der Waals surface area contributed by atoms with E-state index in [9.17, 15) is 4.79 Å². The van der Waals surface area contributed by atoms with Crippen LogP contribution >= 0.6 is 11.8 Å². The first kappa shape index (κ1) is 20.0. The fourth-order valence-electron chi connectivity index (χ4n) is 3.12. The van der Waals surface area contributed by atoms with Crippen LogP contribution in [0.15, 0.2) is 70.7 Å². The molecule has 0 unspecified atom stereocenters. The Kier molecular flexibility index (Phi) is 6.37. The molecule has 1 atom stereocenters. The van der Waals surface area contributed by atoms with Crippen molar-refractivity contribution in [1.29, 1.82) is 0 Å². The zero-order chi connectivity index (χ0) is 20.1. The van der Waals surface area contributed by atoms with Crippen LogP contribution in [-0.4, -0.2) is 21.9 Å². The second-order valence-corrected chi connectivity index (χ2v) is 8.17. The van der Waals surface area contributed by atoms with Crippen molar-refractivity contribution < 1.29 is 4.79 Å². The van der Waals surface area contributed by atoms with Crippen molar-refractivity contribution in [3.05, 3.63) is 83.2 Å². The highest BCUT2D eigenvalue weighted by Crippen LogP contribution is 2.23. The van der Waals surface area contributed by atoms with Crippen LogP contribution in [-0.2, 0) is 4.79 Å². The number of carbonyl (C=O) groups excluding carboxylic acids is 1. The number of amides is 1. The zero-order valence-electron chi connectivity index (χ0n) is 16.6. The standard InChI is InChI=1S/C23H25N3OS/c1-16-10-8-9-13-22(16)26-17(2)14-20(18(26)3)15-24-25-23(27)19(4)28-21-11-6-5-7-12-21/h5-15,19H,1-4H3,(H,25,27)/b24-15-/t19-/m1/s1. The summed E-state index contributed by atoms with van der Waals surface area (Å²) in [5, 5.41) is 3.96. The monoisotopic (exact) mass is 391 g/mol. The van der Waals surface area contributed by atoms with E-state index in [0.717, 1.165) is 27.5 Å². The Hall–Kier alpha value is -2.79. The van der Waals surface area contributed by atoms with Gasteiger partial charge in [-0.15, -0.1) is 11.8 Å². The normalized spacial score (nSPS) is 12.3. The maximum absolute atomic E-state index is 12.3. The van der Waals surface area contributed by atoms with E-state index in [1.807, 2.05) is 49.4 Å². The second kappa shape index (κ2) is 8.93. The number of nitrogens with one attached hydrogen (secondary N) is 1. The third kappa shape index (κ3) is 4.54. The summed E-state index contributed by atoms with van der Waals surface area (Å²) in [7, 11) is 0. The van der Waals surface area contributed by atoms with Gasteiger partial charge in [-0.3, -0.25) is 4.79 Å². The van der Waals surface area contributed by atoms with Crippen molar-refractivity contribution in [2.45, 2.75) is 37.8 Å². The highest BCUT2D eigenvalue weighted by atomic mass is 32.2. The van der Waals surface area contributed by atoms with Gasteiger partial charge in [0.1, 0.15) is 0 Å². The van der Waals surface area contributed by atoms with Crippen molar-refractivity contribution in [3.8, 4) is 5.69 Å². The topological polar surface area (TPSA) is 46.4 Å². The molecule has 1 heterocycles. The van der Waals surface area contributed by atoms with Gasteiger partial charge in [-0.2, -0.15) is 5.10 Å². The van der Waals surface area contributed by atoms with Gasteiger partial charge in [0.25, 0.3) is 5.91 Å². The predicted molar refractivity (Wildman–Crippen MR) is 117 cm³/mol. The fourth-order valence-corrected chi connectivity index (χ4v) is 4.00. The fraction of sp³-hybridized carbons (Fsp3) is 0.217. The van der Waals surface area contributed by atoms with Gasteiger partial charge in [-0.1, -0.05) is 36.4 Å². The van der Waals surface area contributed by atoms with Crippen molar-refractivity contribution in [3.63, 3.8) is 0 Å². The number of rotatable bonds is 6. The maximum Gasteiger partial charge on any atom is 0.253 e. The van der Waals surface area contributed by atoms with Crippen molar-refractivity contribution >= 4 is 23.9 Å². The molecule has 0 saturated carbocycles. The van der Waals surface area contributed by atoms with Crippen LogP contribution < -0.4 is 5.43 Å². The number of hydrazone groups is 1. The van der Waals surface area contributed by atoms with Crippen molar-refractivity contribution in [2.24, 2.45) is 5.10 Å². The smallest absolute Gasteiger partial charge is 0.253 e. The number of hydrogen-bond acceptors (Lipinski definition) is 3. The molecular weight excluding hydrogens is 366 g/mol. The number of aromatic nitrogens is 1. The molecule has 0 aliphatic rings. The van der Waals surface area contributed by atoms with Crippen LogP contribution in [0.25, 0.3) is 5.69 Å². The molecule has 0 saturated heterocycles. The minimum absolute atomic E-state index is 0.113. The molecule has 4 nitrogen and oxygen atoms in total. The summed E-state index contributed by atoms with van der Waals surface area (Å²) in [5.41, 5.74) is 8.25. The van der Waals surface area contributed by atoms with Crippen molar-refractivity contribution in [1.82, 2.24) is 9.99 Å². The van der Waals surface area contributed by atoms with E-state index in [1.54, 1.807) is 6.21 Å². The molecule has 0 bridgehead atoms. The predicted octanol–water partition coefficient (Wildman–Crippen LogP) is 5.03. The lowest BCUT2D eigenvalue weighted by atomic mass is 10.2. The Morgan fingerprint density at radius 3 is 2.46 bits per heavy atom. The molecule has 1 amide bonds. The SMILES string of the molecule is Cc1ccccc1-n1c(C)cc(/C=N\NC(=O)[C@@H](C)Sc2ccccc2)c1C. The number of benzene rings is 2. The van der Waals surface area contributed by atoms with Gasteiger partial charge in [-0.05, 0) is 57.5 Å². The molecule has 0 fully saturated rings. The van der Waals surface area contributed by atoms with Gasteiger partial charge < -0.3 is 4.57 Å². The highest BCUT2D eigenvalue weighted by Gasteiger charge is 2.14. The molecule has 0 aliphatic carbocycles. The molecule has 2 aromatic carbocycles. The Morgan fingerprint density at radius 2 is 1.75 bits per heavy atom. The van der Waals surface area contributed by atoms with E-state index >= 15 is 0 Å². The lowest BCUT2D eigenvalue weighted by molar-refractivity contribution is -0.120. The van der Waals surface area contributed by atoms with E-state index in [0.29, 0.717) is 0 Å². The Labute approximate surface area is 170 Å². The van der Waals surface area contributed by atoms with Gasteiger partial charge in [-0.25, -0.2) is 5.43 Å². The van der Waals surface area contributed by atoms with E-state index in [1.165, 1.54) is 17.3 Å². The first-order chi connectivity index (χ1) is 13.5. The summed E-state index contributed by atoms with van der Waals surface area (Å²) >= 11 is 1.52. The first-order valence-electron chi connectivity index (χ1n) is 9.27. The van der Waals surface area contributed by atoms with E-state index < -0.39 is 0 Å². The van der Waals surface area contributed by atoms with Gasteiger partial charge in [0.15, 0.2) is 0 Å². The van der Waals surface area contributed by atoms with Crippen LogP contribution in [0.3, 0.4) is 0 Å². The van der Waals surface area contributed by atoms with E-state index in [4.69, 9.17) is 0 Å².